The molecule has 21 heavy (non-hydrogen) atoms. The molecule has 1 saturated heterocycles. The van der Waals surface area contributed by atoms with E-state index in [4.69, 9.17) is 5.73 Å². The van der Waals surface area contributed by atoms with Crippen LogP contribution in [0.25, 0.3) is 0 Å². The van der Waals surface area contributed by atoms with Gasteiger partial charge in [0.1, 0.15) is 6.04 Å². The van der Waals surface area contributed by atoms with Gasteiger partial charge in [0.25, 0.3) is 5.91 Å². The number of fused-ring (bicyclic) bond motifs is 1. The van der Waals surface area contributed by atoms with Crippen molar-refractivity contribution in [1.82, 2.24) is 9.80 Å². The van der Waals surface area contributed by atoms with E-state index in [2.05, 4.69) is 6.58 Å². The van der Waals surface area contributed by atoms with Crippen LogP contribution in [0.3, 0.4) is 0 Å². The van der Waals surface area contributed by atoms with Crippen LogP contribution in [0.2, 0.25) is 0 Å². The largest absolute Gasteiger partial charge is 0.398 e. The normalized spacial score (nSPS) is 22.0. The van der Waals surface area contributed by atoms with Crippen molar-refractivity contribution in [3.8, 4) is 0 Å². The van der Waals surface area contributed by atoms with E-state index in [1.54, 1.807) is 28.0 Å². The molecule has 2 aliphatic heterocycles. The molecule has 1 unspecified atom stereocenters. The van der Waals surface area contributed by atoms with Gasteiger partial charge in [-0.15, -0.1) is 0 Å². The molecule has 1 aromatic carbocycles. The zero-order chi connectivity index (χ0) is 15.1. The van der Waals surface area contributed by atoms with Gasteiger partial charge in [-0.1, -0.05) is 12.6 Å². The smallest absolute Gasteiger partial charge is 0.255 e. The van der Waals surface area contributed by atoms with Gasteiger partial charge in [-0.25, -0.2) is 0 Å². The van der Waals surface area contributed by atoms with Crippen molar-refractivity contribution in [2.45, 2.75) is 32.4 Å². The summed E-state index contributed by atoms with van der Waals surface area (Å²) in [6.07, 6.45) is 1.37. The van der Waals surface area contributed by atoms with E-state index >= 15 is 0 Å². The summed E-state index contributed by atoms with van der Waals surface area (Å²) in [5.74, 6) is -0.132. The third kappa shape index (κ3) is 2.00. The lowest BCUT2D eigenvalue weighted by molar-refractivity contribution is -0.136. The first kappa shape index (κ1) is 13.7. The molecule has 0 radical (unpaired) electrons. The number of likely N-dealkylation sites (N-methyl/N-ethyl adjacent to an activating group) is 1. The molecule has 5 heteroatoms. The maximum absolute atomic E-state index is 12.6. The highest BCUT2D eigenvalue weighted by molar-refractivity contribution is 6.02. The van der Waals surface area contributed by atoms with Crippen LogP contribution in [0.1, 0.15) is 35.7 Å². The first-order valence-corrected chi connectivity index (χ1v) is 7.22. The molecule has 0 bridgehead atoms. The Morgan fingerprint density at radius 3 is 2.81 bits per heavy atom. The number of carbonyl (C=O) groups excluding carboxylic acids is 2. The molecular formula is C16H19N3O2. The predicted molar refractivity (Wildman–Crippen MR) is 80.3 cm³/mol. The molecule has 1 fully saturated rings. The fraction of sp³-hybridized carbons (Fsp3) is 0.375. The molecule has 1 aromatic rings. The number of nitrogens with zero attached hydrogens (tertiary/aromatic N) is 2. The molecule has 110 valence electrons. The molecule has 0 spiro atoms. The van der Waals surface area contributed by atoms with E-state index in [-0.39, 0.29) is 11.8 Å². The molecule has 0 aromatic heterocycles. The minimum absolute atomic E-state index is 0.0338. The Bertz CT molecular complexity index is 638. The number of amides is 2. The first-order chi connectivity index (χ1) is 10.0. The van der Waals surface area contributed by atoms with Gasteiger partial charge in [-0.05, 0) is 31.9 Å². The van der Waals surface area contributed by atoms with Crippen LogP contribution in [0.4, 0.5) is 5.69 Å². The van der Waals surface area contributed by atoms with Crippen LogP contribution in [0, 0.1) is 0 Å². The van der Waals surface area contributed by atoms with Gasteiger partial charge in [0.2, 0.25) is 5.91 Å². The summed E-state index contributed by atoms with van der Waals surface area (Å²) in [5, 5.41) is 0. The molecule has 2 N–H and O–H groups in total. The number of hydrogen-bond donors (Lipinski definition) is 1. The van der Waals surface area contributed by atoms with Gasteiger partial charge in [-0.2, -0.15) is 0 Å². The number of hydrogen-bond acceptors (Lipinski definition) is 3. The van der Waals surface area contributed by atoms with Gasteiger partial charge >= 0.3 is 0 Å². The monoisotopic (exact) mass is 285 g/mol. The molecule has 2 heterocycles. The Labute approximate surface area is 124 Å². The van der Waals surface area contributed by atoms with Gasteiger partial charge in [0.05, 0.1) is 0 Å². The SMILES string of the molecule is C=C1CCC(N2Cc3c(N)cccc3C2=O)C(=O)N1CC. The van der Waals surface area contributed by atoms with Gasteiger partial charge in [0.15, 0.2) is 0 Å². The summed E-state index contributed by atoms with van der Waals surface area (Å²) >= 11 is 0. The topological polar surface area (TPSA) is 66.6 Å². The van der Waals surface area contributed by atoms with Crippen LogP contribution in [0.15, 0.2) is 30.5 Å². The van der Waals surface area contributed by atoms with Gasteiger partial charge in [-0.3, -0.25) is 9.59 Å². The average Bonchev–Trinajstić information content (AvgIpc) is 2.79. The maximum atomic E-state index is 12.6. The Hall–Kier alpha value is -2.30. The number of allylic oxidation sites excluding steroid dienone is 1. The predicted octanol–water partition coefficient (Wildman–Crippen LogP) is 1.75. The van der Waals surface area contributed by atoms with Gasteiger partial charge in [0, 0.05) is 35.6 Å². The van der Waals surface area contributed by atoms with Crippen molar-refractivity contribution in [3.05, 3.63) is 41.6 Å². The highest BCUT2D eigenvalue weighted by atomic mass is 16.2. The number of benzene rings is 1. The Kier molecular flexibility index (Phi) is 3.20. The Balaban J connectivity index is 1.90. The number of likely N-dealkylation sites (tertiary alicyclic amines) is 1. The van der Waals surface area contributed by atoms with Crippen molar-refractivity contribution in [2.75, 3.05) is 12.3 Å². The quantitative estimate of drug-likeness (QED) is 0.842. The zero-order valence-corrected chi connectivity index (χ0v) is 12.1. The number of nitrogen functional groups attached to an aromatic ring is 1. The van der Waals surface area contributed by atoms with Crippen LogP contribution in [0.5, 0.6) is 0 Å². The summed E-state index contributed by atoms with van der Waals surface area (Å²) in [4.78, 5) is 28.4. The second-order valence-corrected chi connectivity index (χ2v) is 5.51. The fourth-order valence-electron chi connectivity index (χ4n) is 3.20. The lowest BCUT2D eigenvalue weighted by atomic mass is 10.0. The van der Waals surface area contributed by atoms with E-state index in [1.165, 1.54) is 0 Å². The highest BCUT2D eigenvalue weighted by Gasteiger charge is 2.40. The van der Waals surface area contributed by atoms with Crippen LogP contribution >= 0.6 is 0 Å². The van der Waals surface area contributed by atoms with Crippen molar-refractivity contribution in [3.63, 3.8) is 0 Å². The molecule has 0 aliphatic carbocycles. The molecule has 1 atom stereocenters. The summed E-state index contributed by atoms with van der Waals surface area (Å²) in [6.45, 7) is 6.86. The maximum Gasteiger partial charge on any atom is 0.255 e. The standard InChI is InChI=1S/C16H19N3O2/c1-3-18-10(2)7-8-14(16(18)21)19-9-12-11(15(19)20)5-4-6-13(12)17/h4-6,14H,2-3,7-9,17H2,1H3. The Morgan fingerprint density at radius 2 is 2.14 bits per heavy atom. The third-order valence-corrected chi connectivity index (χ3v) is 4.36. The molecule has 2 amide bonds. The Morgan fingerprint density at radius 1 is 1.38 bits per heavy atom. The summed E-state index contributed by atoms with van der Waals surface area (Å²) in [7, 11) is 0. The number of anilines is 1. The van der Waals surface area contributed by atoms with E-state index in [0.29, 0.717) is 30.8 Å². The highest BCUT2D eigenvalue weighted by Crippen LogP contribution is 2.33. The van der Waals surface area contributed by atoms with Crippen LogP contribution < -0.4 is 5.73 Å². The minimum Gasteiger partial charge on any atom is -0.398 e. The third-order valence-electron chi connectivity index (χ3n) is 4.36. The molecular weight excluding hydrogens is 266 g/mol. The van der Waals surface area contributed by atoms with Crippen molar-refractivity contribution < 1.29 is 9.59 Å². The lowest BCUT2D eigenvalue weighted by Crippen LogP contribution is -2.51. The first-order valence-electron chi connectivity index (χ1n) is 7.22. The van der Waals surface area contributed by atoms with E-state index < -0.39 is 6.04 Å². The minimum atomic E-state index is -0.408. The van der Waals surface area contributed by atoms with Gasteiger partial charge < -0.3 is 15.5 Å². The second kappa shape index (κ2) is 4.91. The molecule has 0 saturated carbocycles. The number of rotatable bonds is 2. The van der Waals surface area contributed by atoms with Crippen LogP contribution in [-0.4, -0.2) is 34.2 Å². The van der Waals surface area contributed by atoms with Crippen LogP contribution in [-0.2, 0) is 11.3 Å². The molecule has 2 aliphatic rings. The molecule has 5 nitrogen and oxygen atoms in total. The van der Waals surface area contributed by atoms with Crippen molar-refractivity contribution in [1.29, 1.82) is 0 Å². The summed E-state index contributed by atoms with van der Waals surface area (Å²) in [5.41, 5.74) is 8.85. The zero-order valence-electron chi connectivity index (χ0n) is 12.1. The van der Waals surface area contributed by atoms with Crippen molar-refractivity contribution >= 4 is 17.5 Å². The van der Waals surface area contributed by atoms with E-state index in [0.717, 1.165) is 17.7 Å². The van der Waals surface area contributed by atoms with E-state index in [9.17, 15) is 9.59 Å². The number of nitrogens with two attached hydrogens (primary N) is 1. The number of piperidine rings is 1. The lowest BCUT2D eigenvalue weighted by Gasteiger charge is -2.37. The van der Waals surface area contributed by atoms with E-state index in [1.807, 2.05) is 6.92 Å². The average molecular weight is 285 g/mol. The summed E-state index contributed by atoms with van der Waals surface area (Å²) in [6, 6.07) is 4.93. The summed E-state index contributed by atoms with van der Waals surface area (Å²) < 4.78 is 0. The second-order valence-electron chi connectivity index (χ2n) is 5.51. The number of carbonyl (C=O) groups is 2. The fourth-order valence-corrected chi connectivity index (χ4v) is 3.20. The molecule has 3 rings (SSSR count). The van der Waals surface area contributed by atoms with Crippen molar-refractivity contribution in [2.24, 2.45) is 0 Å².